The summed E-state index contributed by atoms with van der Waals surface area (Å²) in [6, 6.07) is 53.1. The summed E-state index contributed by atoms with van der Waals surface area (Å²) in [6.07, 6.45) is 9.49. The van der Waals surface area contributed by atoms with Gasteiger partial charge in [0.2, 0.25) is 0 Å². The van der Waals surface area contributed by atoms with Crippen LogP contribution in [0.25, 0.3) is 88.7 Å². The number of rotatable bonds is 6. The van der Waals surface area contributed by atoms with Gasteiger partial charge in [-0.15, -0.1) is 0 Å². The molecule has 0 bridgehead atoms. The summed E-state index contributed by atoms with van der Waals surface area (Å²) in [5.41, 5.74) is 11.6. The Morgan fingerprint density at radius 1 is 0.340 bits per heavy atom. The van der Waals surface area contributed by atoms with Crippen molar-refractivity contribution in [2.24, 2.45) is 0 Å². The van der Waals surface area contributed by atoms with Crippen LogP contribution in [0, 0.1) is 0 Å². The first-order valence-corrected chi connectivity index (χ1v) is 16.7. The molecule has 4 heteroatoms. The van der Waals surface area contributed by atoms with E-state index in [1.54, 1.807) is 6.20 Å². The summed E-state index contributed by atoms with van der Waals surface area (Å²) in [6.45, 7) is 0. The summed E-state index contributed by atoms with van der Waals surface area (Å²) < 4.78 is 0. The normalized spacial score (nSPS) is 11.2. The van der Waals surface area contributed by atoms with Crippen LogP contribution in [-0.2, 0) is 0 Å². The number of hydrogen-bond donors (Lipinski definition) is 0. The van der Waals surface area contributed by atoms with Gasteiger partial charge in [-0.1, -0.05) is 140 Å². The zero-order valence-electron chi connectivity index (χ0n) is 27.1. The molecular formula is C46H30N4. The van der Waals surface area contributed by atoms with Gasteiger partial charge >= 0.3 is 0 Å². The van der Waals surface area contributed by atoms with E-state index in [9.17, 15) is 0 Å². The van der Waals surface area contributed by atoms with Crippen molar-refractivity contribution < 1.29 is 0 Å². The molecule has 0 atom stereocenters. The number of pyridine rings is 2. The molecule has 4 nitrogen and oxygen atoms in total. The van der Waals surface area contributed by atoms with E-state index in [1.807, 2.05) is 36.9 Å². The molecule has 234 valence electrons. The van der Waals surface area contributed by atoms with Crippen molar-refractivity contribution in [2.45, 2.75) is 0 Å². The van der Waals surface area contributed by atoms with Gasteiger partial charge < -0.3 is 0 Å². The summed E-state index contributed by atoms with van der Waals surface area (Å²) in [5.74, 6) is 0.683. The van der Waals surface area contributed by atoms with Gasteiger partial charge in [0, 0.05) is 58.6 Å². The molecule has 3 heterocycles. The lowest BCUT2D eigenvalue weighted by Crippen LogP contribution is -1.96. The number of nitrogens with zero attached hydrogens (tertiary/aromatic N) is 4. The Labute approximate surface area is 290 Å². The monoisotopic (exact) mass is 638 g/mol. The Balaban J connectivity index is 1.11. The third-order valence-electron chi connectivity index (χ3n) is 9.34. The Bertz CT molecular complexity index is 2610. The van der Waals surface area contributed by atoms with E-state index in [0.29, 0.717) is 5.82 Å². The van der Waals surface area contributed by atoms with Gasteiger partial charge in [0.15, 0.2) is 5.82 Å². The number of benzene rings is 6. The van der Waals surface area contributed by atoms with E-state index >= 15 is 0 Å². The summed E-state index contributed by atoms with van der Waals surface area (Å²) >= 11 is 0. The lowest BCUT2D eigenvalue weighted by molar-refractivity contribution is 1.18. The summed E-state index contributed by atoms with van der Waals surface area (Å²) in [5, 5.41) is 4.77. The molecular weight excluding hydrogens is 609 g/mol. The smallest absolute Gasteiger partial charge is 0.159 e. The van der Waals surface area contributed by atoms with E-state index in [4.69, 9.17) is 9.97 Å². The molecule has 0 aliphatic heterocycles. The standard InChI is InChI=1S/C46H30N4/c1-2-7-38-26-39(24-15-31(38)6-1)32-13-22-37(23-14-32)46-49-30-44(35-16-11-33(12-17-35)40-9-5-25-47-27-40)45(50-46)36-20-18-34(19-21-36)43-29-48-28-41-8-3-4-10-42(41)43/h1-30H. The Morgan fingerprint density at radius 2 is 0.960 bits per heavy atom. The van der Waals surface area contributed by atoms with Gasteiger partial charge in [-0.3, -0.25) is 9.97 Å². The zero-order valence-corrected chi connectivity index (χ0v) is 27.1. The van der Waals surface area contributed by atoms with Gasteiger partial charge in [-0.25, -0.2) is 9.97 Å². The largest absolute Gasteiger partial charge is 0.264 e. The van der Waals surface area contributed by atoms with Crippen molar-refractivity contribution in [3.8, 4) is 67.2 Å². The van der Waals surface area contributed by atoms with Crippen molar-refractivity contribution in [3.63, 3.8) is 0 Å². The molecule has 6 aromatic carbocycles. The molecule has 0 radical (unpaired) electrons. The number of aromatic nitrogens is 4. The molecule has 0 spiro atoms. The van der Waals surface area contributed by atoms with E-state index in [-0.39, 0.29) is 0 Å². The minimum absolute atomic E-state index is 0.683. The second kappa shape index (κ2) is 12.7. The minimum Gasteiger partial charge on any atom is -0.264 e. The lowest BCUT2D eigenvalue weighted by atomic mass is 9.96. The average Bonchev–Trinajstić information content (AvgIpc) is 3.21. The highest BCUT2D eigenvalue weighted by atomic mass is 14.9. The second-order valence-electron chi connectivity index (χ2n) is 12.4. The van der Waals surface area contributed by atoms with Gasteiger partial charge in [0.25, 0.3) is 0 Å². The molecule has 0 aliphatic carbocycles. The first-order chi connectivity index (χ1) is 24.8. The van der Waals surface area contributed by atoms with E-state index in [0.717, 1.165) is 61.2 Å². The van der Waals surface area contributed by atoms with Crippen LogP contribution in [0.2, 0.25) is 0 Å². The van der Waals surface area contributed by atoms with Crippen LogP contribution in [0.4, 0.5) is 0 Å². The van der Waals surface area contributed by atoms with Crippen LogP contribution >= 0.6 is 0 Å². The maximum atomic E-state index is 5.23. The highest BCUT2D eigenvalue weighted by molar-refractivity contribution is 5.96. The van der Waals surface area contributed by atoms with Crippen molar-refractivity contribution in [1.82, 2.24) is 19.9 Å². The predicted octanol–water partition coefficient (Wildman–Crippen LogP) is 11.6. The van der Waals surface area contributed by atoms with Crippen LogP contribution in [0.1, 0.15) is 0 Å². The van der Waals surface area contributed by atoms with Crippen molar-refractivity contribution in [3.05, 3.63) is 183 Å². The zero-order chi connectivity index (χ0) is 33.3. The molecule has 0 amide bonds. The third kappa shape index (κ3) is 5.59. The van der Waals surface area contributed by atoms with Gasteiger partial charge in [-0.2, -0.15) is 0 Å². The molecule has 0 aliphatic rings. The summed E-state index contributed by atoms with van der Waals surface area (Å²) in [4.78, 5) is 18.9. The molecule has 0 fully saturated rings. The molecule has 0 unspecified atom stereocenters. The maximum absolute atomic E-state index is 5.23. The SMILES string of the molecule is c1cncc(-c2ccc(-c3cnc(-c4ccc(-c5ccc6ccccc6c5)cc4)nc3-c3ccc(-c4cncc5ccccc45)cc3)cc2)c1. The van der Waals surface area contributed by atoms with Gasteiger partial charge in [-0.05, 0) is 61.7 Å². The molecule has 9 rings (SSSR count). The number of fused-ring (bicyclic) bond motifs is 2. The average molecular weight is 639 g/mol. The minimum atomic E-state index is 0.683. The van der Waals surface area contributed by atoms with Crippen LogP contribution < -0.4 is 0 Å². The fraction of sp³-hybridized carbons (Fsp3) is 0. The molecule has 0 saturated carbocycles. The van der Waals surface area contributed by atoms with Crippen LogP contribution in [0.3, 0.4) is 0 Å². The Kier molecular flexibility index (Phi) is 7.45. The fourth-order valence-corrected chi connectivity index (χ4v) is 6.66. The fourth-order valence-electron chi connectivity index (χ4n) is 6.66. The molecule has 9 aromatic rings. The van der Waals surface area contributed by atoms with Crippen molar-refractivity contribution in [1.29, 1.82) is 0 Å². The lowest BCUT2D eigenvalue weighted by Gasteiger charge is -2.13. The van der Waals surface area contributed by atoms with Crippen LogP contribution in [0.5, 0.6) is 0 Å². The van der Waals surface area contributed by atoms with Crippen molar-refractivity contribution >= 4 is 21.5 Å². The van der Waals surface area contributed by atoms with E-state index in [2.05, 4.69) is 149 Å². The Hall–Kier alpha value is -6.78. The first-order valence-electron chi connectivity index (χ1n) is 16.7. The molecule has 50 heavy (non-hydrogen) atoms. The molecule has 0 saturated heterocycles. The first kappa shape index (κ1) is 29.4. The topological polar surface area (TPSA) is 51.6 Å². The van der Waals surface area contributed by atoms with Gasteiger partial charge in [0.1, 0.15) is 0 Å². The molecule has 3 aromatic heterocycles. The highest BCUT2D eigenvalue weighted by Gasteiger charge is 2.15. The Morgan fingerprint density at radius 3 is 1.72 bits per heavy atom. The third-order valence-corrected chi connectivity index (χ3v) is 9.34. The summed E-state index contributed by atoms with van der Waals surface area (Å²) in [7, 11) is 0. The highest BCUT2D eigenvalue weighted by Crippen LogP contribution is 2.36. The van der Waals surface area contributed by atoms with E-state index in [1.165, 1.54) is 21.7 Å². The van der Waals surface area contributed by atoms with E-state index < -0.39 is 0 Å². The van der Waals surface area contributed by atoms with Gasteiger partial charge in [0.05, 0.1) is 5.69 Å². The quantitative estimate of drug-likeness (QED) is 0.182. The van der Waals surface area contributed by atoms with Crippen LogP contribution in [0.15, 0.2) is 183 Å². The predicted molar refractivity (Wildman–Crippen MR) is 205 cm³/mol. The maximum Gasteiger partial charge on any atom is 0.159 e. The van der Waals surface area contributed by atoms with Crippen LogP contribution in [-0.4, -0.2) is 19.9 Å². The van der Waals surface area contributed by atoms with Crippen molar-refractivity contribution in [2.75, 3.05) is 0 Å². The molecule has 0 N–H and O–H groups in total. The second-order valence-corrected chi connectivity index (χ2v) is 12.4. The number of hydrogen-bond acceptors (Lipinski definition) is 4.